The Kier molecular flexibility index (Phi) is 8.20. The van der Waals surface area contributed by atoms with Gasteiger partial charge >= 0.3 is 0 Å². The number of nitrogens with two attached hydrogens (primary N) is 2. The van der Waals surface area contributed by atoms with Gasteiger partial charge in [-0.1, -0.05) is 51.5 Å². The van der Waals surface area contributed by atoms with Crippen LogP contribution in [0.25, 0.3) is 0 Å². The van der Waals surface area contributed by atoms with Crippen molar-refractivity contribution < 1.29 is 14.9 Å². The summed E-state index contributed by atoms with van der Waals surface area (Å²) in [6.45, 7) is 6.88. The Morgan fingerprint density at radius 2 is 1.68 bits per heavy atom. The second kappa shape index (κ2) is 10.6. The van der Waals surface area contributed by atoms with E-state index in [-0.39, 0.29) is 11.9 Å². The normalized spacial score (nSPS) is 12.0. The highest BCUT2D eigenvalue weighted by Crippen LogP contribution is 2.19. The van der Waals surface area contributed by atoms with Crippen LogP contribution in [0, 0.1) is 5.92 Å². The first-order valence-electron chi connectivity index (χ1n) is 10.0. The highest BCUT2D eigenvalue weighted by molar-refractivity contribution is 5.95. The molecule has 1 atom stereocenters. The monoisotopic (exact) mass is 382 g/mol. The van der Waals surface area contributed by atoms with Crippen LogP contribution in [0.2, 0.25) is 0 Å². The molecule has 0 saturated heterocycles. The third-order valence-electron chi connectivity index (χ3n) is 4.91. The fraction of sp³-hybridized carbons (Fsp3) is 0.391. The highest BCUT2D eigenvalue weighted by Gasteiger charge is 2.20. The third kappa shape index (κ3) is 6.50. The van der Waals surface area contributed by atoms with Crippen LogP contribution >= 0.6 is 0 Å². The number of aryl methyl sites for hydroxylation is 1. The number of carbonyl (C=O) groups is 2. The maximum atomic E-state index is 12.3. The second-order valence-electron chi connectivity index (χ2n) is 7.54. The zero-order valence-electron chi connectivity index (χ0n) is 17.1. The van der Waals surface area contributed by atoms with Crippen molar-refractivity contribution >= 4 is 17.5 Å². The quantitative estimate of drug-likeness (QED) is 0.590. The smallest absolute Gasteiger partial charge is 0.279 e. The lowest BCUT2D eigenvalue weighted by Gasteiger charge is -2.20. The van der Waals surface area contributed by atoms with Gasteiger partial charge in [0.25, 0.3) is 5.91 Å². The summed E-state index contributed by atoms with van der Waals surface area (Å²) in [5, 5.41) is 4.95. The standard InChI is InChI=1S/C23H31N3O2/c1-4-5-6-17-7-9-18(10-8-17)22(16(2)3)25-15-21(27)26-20-13-11-19(12-14-20)23(24)28/h7-14,16,22,25H,4-6,15H2,1-3H3,(H2,24,28)(H,26,27)/p+1/t22-/m1/s1. The molecule has 0 fully saturated rings. The lowest BCUT2D eigenvalue weighted by atomic mass is 9.94. The highest BCUT2D eigenvalue weighted by atomic mass is 16.2. The van der Waals surface area contributed by atoms with Crippen LogP contribution in [0.3, 0.4) is 0 Å². The number of unbranched alkanes of at least 4 members (excludes halogenated alkanes) is 1. The minimum atomic E-state index is -0.480. The molecule has 5 heteroatoms. The van der Waals surface area contributed by atoms with Gasteiger partial charge in [0.05, 0.1) is 0 Å². The van der Waals surface area contributed by atoms with Gasteiger partial charge in [0.1, 0.15) is 6.04 Å². The summed E-state index contributed by atoms with van der Waals surface area (Å²) in [5.74, 6) is -0.145. The largest absolute Gasteiger partial charge is 0.366 e. The number of hydrogen-bond acceptors (Lipinski definition) is 2. The number of primary amides is 1. The molecule has 0 spiro atoms. The molecule has 2 rings (SSSR count). The molecular weight excluding hydrogens is 350 g/mol. The molecule has 0 radical (unpaired) electrons. The van der Waals surface area contributed by atoms with Gasteiger partial charge in [-0.2, -0.15) is 0 Å². The van der Waals surface area contributed by atoms with Crippen molar-refractivity contribution in [3.8, 4) is 0 Å². The van der Waals surface area contributed by atoms with E-state index in [0.29, 0.717) is 23.7 Å². The fourth-order valence-electron chi connectivity index (χ4n) is 3.24. The Morgan fingerprint density at radius 1 is 1.04 bits per heavy atom. The summed E-state index contributed by atoms with van der Waals surface area (Å²) in [5.41, 5.74) is 8.92. The Hall–Kier alpha value is -2.66. The molecule has 0 bridgehead atoms. The van der Waals surface area contributed by atoms with Crippen LogP contribution in [0.4, 0.5) is 5.69 Å². The van der Waals surface area contributed by atoms with Crippen molar-refractivity contribution in [2.24, 2.45) is 11.7 Å². The summed E-state index contributed by atoms with van der Waals surface area (Å²) in [6.07, 6.45) is 3.52. The number of quaternary nitrogens is 1. The van der Waals surface area contributed by atoms with Crippen molar-refractivity contribution in [1.82, 2.24) is 0 Å². The molecule has 28 heavy (non-hydrogen) atoms. The van der Waals surface area contributed by atoms with E-state index in [1.54, 1.807) is 24.3 Å². The van der Waals surface area contributed by atoms with Gasteiger partial charge in [-0.3, -0.25) is 9.59 Å². The summed E-state index contributed by atoms with van der Waals surface area (Å²) in [7, 11) is 0. The zero-order valence-corrected chi connectivity index (χ0v) is 17.1. The average Bonchev–Trinajstić information content (AvgIpc) is 2.67. The van der Waals surface area contributed by atoms with E-state index in [1.807, 2.05) is 0 Å². The molecular formula is C23H32N3O2+. The fourth-order valence-corrected chi connectivity index (χ4v) is 3.24. The minimum absolute atomic E-state index is 0.0722. The molecule has 0 saturated carbocycles. The summed E-state index contributed by atoms with van der Waals surface area (Å²) in [4.78, 5) is 23.4. The third-order valence-corrected chi connectivity index (χ3v) is 4.91. The maximum Gasteiger partial charge on any atom is 0.279 e. The Morgan fingerprint density at radius 3 is 2.21 bits per heavy atom. The predicted molar refractivity (Wildman–Crippen MR) is 113 cm³/mol. The van der Waals surface area contributed by atoms with Gasteiger partial charge in [-0.15, -0.1) is 0 Å². The Bertz CT molecular complexity index is 767. The average molecular weight is 383 g/mol. The van der Waals surface area contributed by atoms with Crippen molar-refractivity contribution in [2.45, 2.75) is 46.1 Å². The van der Waals surface area contributed by atoms with E-state index in [0.717, 1.165) is 6.42 Å². The molecule has 5 N–H and O–H groups in total. The van der Waals surface area contributed by atoms with Crippen LogP contribution in [0.1, 0.15) is 61.1 Å². The van der Waals surface area contributed by atoms with Gasteiger partial charge in [-0.25, -0.2) is 0 Å². The number of benzene rings is 2. The second-order valence-corrected chi connectivity index (χ2v) is 7.54. The SMILES string of the molecule is CCCCc1ccc([C@H]([NH2+]CC(=O)Nc2ccc(C(N)=O)cc2)C(C)C)cc1. The van der Waals surface area contributed by atoms with Gasteiger partial charge in [0, 0.05) is 22.7 Å². The van der Waals surface area contributed by atoms with E-state index in [1.165, 1.54) is 24.0 Å². The van der Waals surface area contributed by atoms with Crippen molar-refractivity contribution in [2.75, 3.05) is 11.9 Å². The summed E-state index contributed by atoms with van der Waals surface area (Å²) in [6, 6.07) is 15.6. The van der Waals surface area contributed by atoms with Crippen molar-refractivity contribution in [3.63, 3.8) is 0 Å². The first-order chi connectivity index (χ1) is 13.4. The number of amides is 2. The van der Waals surface area contributed by atoms with Crippen LogP contribution < -0.4 is 16.4 Å². The van der Waals surface area contributed by atoms with E-state index in [4.69, 9.17) is 5.73 Å². The maximum absolute atomic E-state index is 12.3. The molecule has 0 heterocycles. The molecule has 2 aromatic rings. The molecule has 5 nitrogen and oxygen atoms in total. The summed E-state index contributed by atoms with van der Waals surface area (Å²) < 4.78 is 0. The minimum Gasteiger partial charge on any atom is -0.366 e. The van der Waals surface area contributed by atoms with Crippen LogP contribution in [-0.2, 0) is 11.2 Å². The van der Waals surface area contributed by atoms with Gasteiger partial charge in [0.2, 0.25) is 5.91 Å². The van der Waals surface area contributed by atoms with Crippen LogP contribution in [-0.4, -0.2) is 18.4 Å². The van der Waals surface area contributed by atoms with Gasteiger partial charge in [-0.05, 0) is 42.7 Å². The van der Waals surface area contributed by atoms with Crippen molar-refractivity contribution in [3.05, 3.63) is 65.2 Å². The Labute approximate surface area is 167 Å². The number of anilines is 1. The van der Waals surface area contributed by atoms with E-state index in [9.17, 15) is 9.59 Å². The van der Waals surface area contributed by atoms with E-state index < -0.39 is 5.91 Å². The lowest BCUT2D eigenvalue weighted by Crippen LogP contribution is -2.88. The molecule has 2 aromatic carbocycles. The molecule has 0 aromatic heterocycles. The summed E-state index contributed by atoms with van der Waals surface area (Å²) >= 11 is 0. The number of rotatable bonds is 10. The number of carbonyl (C=O) groups excluding carboxylic acids is 2. The Balaban J connectivity index is 1.93. The van der Waals surface area contributed by atoms with Crippen LogP contribution in [0.5, 0.6) is 0 Å². The first-order valence-corrected chi connectivity index (χ1v) is 10.0. The molecule has 2 amide bonds. The van der Waals surface area contributed by atoms with Crippen LogP contribution in [0.15, 0.2) is 48.5 Å². The molecule has 0 aliphatic heterocycles. The molecule has 0 aliphatic rings. The topological polar surface area (TPSA) is 88.8 Å². The zero-order chi connectivity index (χ0) is 20.5. The molecule has 0 unspecified atom stereocenters. The van der Waals surface area contributed by atoms with Gasteiger partial charge < -0.3 is 16.4 Å². The first kappa shape index (κ1) is 21.6. The van der Waals surface area contributed by atoms with E-state index in [2.05, 4.69) is 55.7 Å². The number of nitrogens with one attached hydrogen (secondary N) is 1. The van der Waals surface area contributed by atoms with Gasteiger partial charge in [0.15, 0.2) is 6.54 Å². The molecule has 150 valence electrons. The van der Waals surface area contributed by atoms with Crippen molar-refractivity contribution in [1.29, 1.82) is 0 Å². The predicted octanol–water partition coefficient (Wildman–Crippen LogP) is 3.03. The number of hydrogen-bond donors (Lipinski definition) is 3. The molecule has 0 aliphatic carbocycles. The van der Waals surface area contributed by atoms with E-state index >= 15 is 0 Å². The lowest BCUT2D eigenvalue weighted by molar-refractivity contribution is -0.692.